The van der Waals surface area contributed by atoms with Crippen LogP contribution in [0, 0.1) is 5.92 Å². The van der Waals surface area contributed by atoms with E-state index >= 15 is 0 Å². The van der Waals surface area contributed by atoms with Crippen molar-refractivity contribution in [3.63, 3.8) is 0 Å². The van der Waals surface area contributed by atoms with E-state index in [0.717, 1.165) is 35.4 Å². The van der Waals surface area contributed by atoms with E-state index in [1.165, 1.54) is 19.3 Å². The maximum atomic E-state index is 5.94. The lowest BCUT2D eigenvalue weighted by atomic mass is 9.85. The average molecular weight is 250 g/mol. The van der Waals surface area contributed by atoms with E-state index in [4.69, 9.17) is 11.6 Å². The Morgan fingerprint density at radius 2 is 2.24 bits per heavy atom. The molecule has 0 radical (unpaired) electrons. The normalized spacial score (nSPS) is 16.3. The summed E-state index contributed by atoms with van der Waals surface area (Å²) in [6, 6.07) is 3.81. The molecule has 90 valence electrons. The summed E-state index contributed by atoms with van der Waals surface area (Å²) < 4.78 is 1.97. The van der Waals surface area contributed by atoms with Gasteiger partial charge in [-0.15, -0.1) is 0 Å². The van der Waals surface area contributed by atoms with Gasteiger partial charge in [0, 0.05) is 18.9 Å². The molecule has 0 aromatic carbocycles. The summed E-state index contributed by atoms with van der Waals surface area (Å²) in [6.07, 6.45) is 8.09. The highest BCUT2D eigenvalue weighted by molar-refractivity contribution is 6.30. The van der Waals surface area contributed by atoms with Crippen molar-refractivity contribution in [3.8, 4) is 0 Å². The molecule has 0 amide bonds. The van der Waals surface area contributed by atoms with Crippen LogP contribution < -0.4 is 5.32 Å². The zero-order valence-corrected chi connectivity index (χ0v) is 10.5. The van der Waals surface area contributed by atoms with Crippen molar-refractivity contribution < 1.29 is 0 Å². The predicted molar refractivity (Wildman–Crippen MR) is 69.2 cm³/mol. The second-order valence-corrected chi connectivity index (χ2v) is 5.21. The van der Waals surface area contributed by atoms with Gasteiger partial charge in [-0.1, -0.05) is 18.0 Å². The SMILES string of the molecule is Clc1ccc2nc(CNCC3CCC3)cn2c1. The molecule has 2 heterocycles. The van der Waals surface area contributed by atoms with Crippen LogP contribution in [-0.2, 0) is 6.54 Å². The number of aromatic nitrogens is 2. The van der Waals surface area contributed by atoms with Gasteiger partial charge in [-0.05, 0) is 37.4 Å². The summed E-state index contributed by atoms with van der Waals surface area (Å²) in [5.74, 6) is 0.890. The van der Waals surface area contributed by atoms with Crippen molar-refractivity contribution in [2.75, 3.05) is 6.54 Å². The van der Waals surface area contributed by atoms with E-state index in [-0.39, 0.29) is 0 Å². The minimum absolute atomic E-state index is 0.740. The summed E-state index contributed by atoms with van der Waals surface area (Å²) in [5.41, 5.74) is 2.03. The summed E-state index contributed by atoms with van der Waals surface area (Å²) in [6.45, 7) is 1.96. The number of fused-ring (bicyclic) bond motifs is 1. The molecule has 1 saturated carbocycles. The Bertz CT molecular complexity index is 516. The number of nitrogens with zero attached hydrogens (tertiary/aromatic N) is 2. The molecule has 2 aromatic rings. The molecular formula is C13H16ClN3. The molecule has 1 aliphatic rings. The lowest BCUT2D eigenvalue weighted by Gasteiger charge is -2.25. The molecule has 3 rings (SSSR count). The monoisotopic (exact) mass is 249 g/mol. The zero-order valence-electron chi connectivity index (χ0n) is 9.69. The number of rotatable bonds is 4. The topological polar surface area (TPSA) is 29.3 Å². The highest BCUT2D eigenvalue weighted by atomic mass is 35.5. The molecule has 3 nitrogen and oxygen atoms in total. The van der Waals surface area contributed by atoms with Gasteiger partial charge >= 0.3 is 0 Å². The first kappa shape index (κ1) is 11.1. The van der Waals surface area contributed by atoms with Gasteiger partial charge in [-0.3, -0.25) is 0 Å². The fourth-order valence-corrected chi connectivity index (χ4v) is 2.37. The van der Waals surface area contributed by atoms with Crippen LogP contribution >= 0.6 is 11.6 Å². The van der Waals surface area contributed by atoms with Crippen molar-refractivity contribution in [3.05, 3.63) is 35.2 Å². The lowest BCUT2D eigenvalue weighted by Crippen LogP contribution is -2.26. The maximum absolute atomic E-state index is 5.94. The molecule has 1 aliphatic carbocycles. The van der Waals surface area contributed by atoms with Crippen LogP contribution in [0.1, 0.15) is 25.0 Å². The van der Waals surface area contributed by atoms with Gasteiger partial charge in [0.25, 0.3) is 0 Å². The van der Waals surface area contributed by atoms with E-state index in [0.29, 0.717) is 0 Å². The number of imidazole rings is 1. The third kappa shape index (κ3) is 2.45. The van der Waals surface area contributed by atoms with Crippen molar-refractivity contribution in [1.82, 2.24) is 14.7 Å². The Morgan fingerprint density at radius 3 is 3.00 bits per heavy atom. The third-order valence-electron chi connectivity index (χ3n) is 3.43. The Balaban J connectivity index is 1.64. The predicted octanol–water partition coefficient (Wildman–Crippen LogP) is 2.88. The van der Waals surface area contributed by atoms with Gasteiger partial charge in [0.15, 0.2) is 0 Å². The first-order valence-electron chi connectivity index (χ1n) is 6.15. The highest BCUT2D eigenvalue weighted by Gasteiger charge is 2.16. The Labute approximate surface area is 106 Å². The average Bonchev–Trinajstić information content (AvgIpc) is 2.63. The number of hydrogen-bond donors (Lipinski definition) is 1. The van der Waals surface area contributed by atoms with Gasteiger partial charge in [-0.25, -0.2) is 4.98 Å². The van der Waals surface area contributed by atoms with Crippen molar-refractivity contribution >= 4 is 17.2 Å². The van der Waals surface area contributed by atoms with E-state index in [9.17, 15) is 0 Å². The van der Waals surface area contributed by atoms with Crippen LogP contribution in [0.2, 0.25) is 5.02 Å². The largest absolute Gasteiger partial charge is 0.311 e. The lowest BCUT2D eigenvalue weighted by molar-refractivity contribution is 0.301. The van der Waals surface area contributed by atoms with Gasteiger partial charge in [0.1, 0.15) is 5.65 Å². The Hall–Kier alpha value is -1.06. The molecule has 0 atom stereocenters. The third-order valence-corrected chi connectivity index (χ3v) is 3.65. The first-order valence-corrected chi connectivity index (χ1v) is 6.53. The van der Waals surface area contributed by atoms with E-state index in [1.54, 1.807) is 0 Å². The molecule has 1 fully saturated rings. The van der Waals surface area contributed by atoms with Crippen LogP contribution in [0.25, 0.3) is 5.65 Å². The summed E-state index contributed by atoms with van der Waals surface area (Å²) in [7, 11) is 0. The fourth-order valence-electron chi connectivity index (χ4n) is 2.20. The molecule has 17 heavy (non-hydrogen) atoms. The van der Waals surface area contributed by atoms with E-state index in [1.807, 2.05) is 28.9 Å². The zero-order chi connectivity index (χ0) is 11.7. The van der Waals surface area contributed by atoms with Crippen molar-refractivity contribution in [2.45, 2.75) is 25.8 Å². The van der Waals surface area contributed by atoms with Crippen LogP contribution in [0.4, 0.5) is 0 Å². The van der Waals surface area contributed by atoms with Gasteiger partial charge < -0.3 is 9.72 Å². The Morgan fingerprint density at radius 1 is 1.35 bits per heavy atom. The minimum Gasteiger partial charge on any atom is -0.311 e. The summed E-state index contributed by atoms with van der Waals surface area (Å²) >= 11 is 5.94. The molecule has 2 aromatic heterocycles. The molecule has 0 aliphatic heterocycles. The second-order valence-electron chi connectivity index (χ2n) is 4.77. The van der Waals surface area contributed by atoms with Gasteiger partial charge in [-0.2, -0.15) is 0 Å². The standard InChI is InChI=1S/C13H16ClN3/c14-11-4-5-13-16-12(9-17(13)8-11)7-15-6-10-2-1-3-10/h4-5,8-10,15H,1-3,6-7H2. The molecule has 4 heteroatoms. The summed E-state index contributed by atoms with van der Waals surface area (Å²) in [5, 5.41) is 4.21. The second kappa shape index (κ2) is 4.67. The minimum atomic E-state index is 0.740. The van der Waals surface area contributed by atoms with Crippen molar-refractivity contribution in [2.24, 2.45) is 5.92 Å². The molecule has 0 saturated heterocycles. The molecule has 0 bridgehead atoms. The van der Waals surface area contributed by atoms with E-state index in [2.05, 4.69) is 10.3 Å². The van der Waals surface area contributed by atoms with E-state index < -0.39 is 0 Å². The van der Waals surface area contributed by atoms with Crippen LogP contribution in [0.3, 0.4) is 0 Å². The van der Waals surface area contributed by atoms with Crippen LogP contribution in [-0.4, -0.2) is 15.9 Å². The van der Waals surface area contributed by atoms with Crippen LogP contribution in [0.5, 0.6) is 0 Å². The summed E-state index contributed by atoms with van der Waals surface area (Å²) in [4.78, 5) is 4.54. The first-order chi connectivity index (χ1) is 8.31. The number of pyridine rings is 1. The number of halogens is 1. The molecule has 0 unspecified atom stereocenters. The van der Waals surface area contributed by atoms with Gasteiger partial charge in [0.05, 0.1) is 10.7 Å². The highest BCUT2D eigenvalue weighted by Crippen LogP contribution is 2.25. The molecule has 1 N–H and O–H groups in total. The molecule has 0 spiro atoms. The van der Waals surface area contributed by atoms with Crippen molar-refractivity contribution in [1.29, 1.82) is 0 Å². The quantitative estimate of drug-likeness (QED) is 0.903. The molecular weight excluding hydrogens is 234 g/mol. The fraction of sp³-hybridized carbons (Fsp3) is 0.462. The number of hydrogen-bond acceptors (Lipinski definition) is 2. The Kier molecular flexibility index (Phi) is 3.04. The maximum Gasteiger partial charge on any atom is 0.137 e. The van der Waals surface area contributed by atoms with Gasteiger partial charge in [0.2, 0.25) is 0 Å². The smallest absolute Gasteiger partial charge is 0.137 e. The van der Waals surface area contributed by atoms with Crippen LogP contribution in [0.15, 0.2) is 24.5 Å². The number of nitrogens with one attached hydrogen (secondary N) is 1.